The maximum absolute atomic E-state index is 2.45. The van der Waals surface area contributed by atoms with Gasteiger partial charge in [0, 0.05) is 0 Å². The minimum absolute atomic E-state index is 0.227. The molecule has 266 valence electrons. The fourth-order valence-electron chi connectivity index (χ4n) is 8.45. The molecule has 0 N–H and O–H groups in total. The van der Waals surface area contributed by atoms with E-state index in [-0.39, 0.29) is 10.8 Å². The van der Waals surface area contributed by atoms with Crippen LogP contribution >= 0.6 is 7.92 Å². The monoisotopic (exact) mass is 700 g/mol. The lowest BCUT2D eigenvalue weighted by Crippen LogP contribution is -2.74. The van der Waals surface area contributed by atoms with Crippen LogP contribution in [0.2, 0.25) is 0 Å². The molecule has 0 saturated heterocycles. The molecule has 0 nitrogen and oxygen atoms in total. The number of hydrogen-bond acceptors (Lipinski definition) is 0. The second kappa shape index (κ2) is 16.7. The molecule has 0 atom stereocenters. The highest BCUT2D eigenvalue weighted by Gasteiger charge is 2.34. The lowest BCUT2D eigenvalue weighted by molar-refractivity contribution is 0.513. The molecule has 52 heavy (non-hydrogen) atoms. The van der Waals surface area contributed by atoms with Gasteiger partial charge in [0.25, 0.3) is 0 Å². The highest BCUT2D eigenvalue weighted by Crippen LogP contribution is 2.46. The van der Waals surface area contributed by atoms with Crippen LogP contribution in [0.3, 0.4) is 0 Å². The Morgan fingerprint density at radius 2 is 0.673 bits per heavy atom. The van der Waals surface area contributed by atoms with Crippen molar-refractivity contribution in [2.45, 2.75) is 90.1 Å². The number of hydrogen-bond donors (Lipinski definition) is 0. The molecule has 0 unspecified atom stereocenters. The normalized spacial score (nSPS) is 14.1. The Hall–Kier alpha value is -4.19. The fraction of sp³-hybridized carbons (Fsp3) is 0.280. The summed E-state index contributed by atoms with van der Waals surface area (Å²) in [6.07, 6.45) is 5.87. The highest BCUT2D eigenvalue weighted by molar-refractivity contribution is 7.73. The van der Waals surface area contributed by atoms with Crippen molar-refractivity contribution in [1.82, 2.24) is 0 Å². The van der Waals surface area contributed by atoms with Gasteiger partial charge in [0.1, 0.15) is 6.15 Å². The van der Waals surface area contributed by atoms with Gasteiger partial charge in [-0.25, -0.2) is 0 Å². The molecule has 6 aromatic carbocycles. The first-order valence-corrected chi connectivity index (χ1v) is 21.1. The van der Waals surface area contributed by atoms with E-state index in [1.165, 1.54) is 65.1 Å². The van der Waals surface area contributed by atoms with E-state index in [0.29, 0.717) is 0 Å². The Labute approximate surface area is 316 Å². The van der Waals surface area contributed by atoms with Gasteiger partial charge in [0.05, 0.1) is 24.2 Å². The van der Waals surface area contributed by atoms with E-state index < -0.39 is 14.1 Å². The van der Waals surface area contributed by atoms with Gasteiger partial charge in [0.2, 0.25) is 0 Å². The topological polar surface area (TPSA) is 0 Å². The zero-order chi connectivity index (χ0) is 36.6. The molecular weight excluding hydrogens is 642 g/mol. The van der Waals surface area contributed by atoms with E-state index in [2.05, 4.69) is 211 Å². The first-order valence-electron chi connectivity index (χ1n) is 19.5. The van der Waals surface area contributed by atoms with Crippen LogP contribution in [0.25, 0.3) is 0 Å². The largest absolute Gasteiger partial charge is 0.195 e. The van der Waals surface area contributed by atoms with E-state index >= 15 is 0 Å². The van der Waals surface area contributed by atoms with Crippen molar-refractivity contribution in [1.29, 1.82) is 0 Å². The third kappa shape index (κ3) is 8.54. The first kappa shape index (κ1) is 37.6. The number of benzene rings is 6. The van der Waals surface area contributed by atoms with E-state index in [1.54, 1.807) is 10.6 Å². The van der Waals surface area contributed by atoms with Crippen molar-refractivity contribution in [2.75, 3.05) is 0 Å². The van der Waals surface area contributed by atoms with E-state index in [9.17, 15) is 0 Å². The predicted octanol–water partition coefficient (Wildman–Crippen LogP) is 9.84. The van der Waals surface area contributed by atoms with Gasteiger partial charge in [0.15, 0.2) is 0 Å². The Morgan fingerprint density at radius 3 is 0.942 bits per heavy atom. The average molecular weight is 701 g/mol. The highest BCUT2D eigenvalue weighted by atomic mass is 31.1. The van der Waals surface area contributed by atoms with Crippen LogP contribution in [-0.2, 0) is 10.8 Å². The molecule has 7 rings (SSSR count). The van der Waals surface area contributed by atoms with E-state index in [4.69, 9.17) is 0 Å². The molecule has 2 heteroatoms. The summed E-state index contributed by atoms with van der Waals surface area (Å²) in [4.78, 5) is 0. The molecular formula is C50H58BP. The van der Waals surface area contributed by atoms with E-state index in [1.807, 2.05) is 0 Å². The van der Waals surface area contributed by atoms with Crippen LogP contribution in [0.1, 0.15) is 84.8 Å². The lowest BCUT2D eigenvalue weighted by Gasteiger charge is -2.44. The Bertz CT molecular complexity index is 1710. The third-order valence-electron chi connectivity index (χ3n) is 11.3. The predicted molar refractivity (Wildman–Crippen MR) is 235 cm³/mol. The summed E-state index contributed by atoms with van der Waals surface area (Å²) < 4.78 is 0. The van der Waals surface area contributed by atoms with Gasteiger partial charge < -0.3 is 0 Å². The summed E-state index contributed by atoms with van der Waals surface area (Å²) in [5.74, 6) is 0. The van der Waals surface area contributed by atoms with Crippen molar-refractivity contribution in [3.8, 4) is 0 Å². The second-order valence-electron chi connectivity index (χ2n) is 16.9. The smallest absolute Gasteiger partial charge is 0.108 e. The zero-order valence-electron chi connectivity index (χ0n) is 32.4. The van der Waals surface area contributed by atoms with Crippen LogP contribution in [-0.4, -0.2) is 11.8 Å². The molecule has 0 spiro atoms. The van der Waals surface area contributed by atoms with Crippen LogP contribution in [0, 0.1) is 0 Å². The maximum atomic E-state index is 2.45. The van der Waals surface area contributed by atoms with Crippen molar-refractivity contribution < 1.29 is 0 Å². The molecule has 0 aromatic heterocycles. The molecule has 6 aromatic rings. The molecule has 0 bridgehead atoms. The summed E-state index contributed by atoms with van der Waals surface area (Å²) in [5, 5.41) is 3.20. The van der Waals surface area contributed by atoms with Crippen LogP contribution in [0.15, 0.2) is 170 Å². The minimum Gasteiger partial charge on any atom is -0.195 e. The molecule has 0 radical (unpaired) electrons. The Balaban J connectivity index is 0.000000179. The molecule has 0 aliphatic heterocycles. The number of rotatable bonds is 7. The Kier molecular flexibility index (Phi) is 12.0. The van der Waals surface area contributed by atoms with Crippen molar-refractivity contribution in [2.24, 2.45) is 0 Å². The molecule has 0 amide bonds. The summed E-state index contributed by atoms with van der Waals surface area (Å²) in [5.41, 5.74) is 9.58. The maximum Gasteiger partial charge on any atom is 0.108 e. The van der Waals surface area contributed by atoms with Crippen LogP contribution < -0.4 is 32.5 Å². The summed E-state index contributed by atoms with van der Waals surface area (Å²) in [6, 6.07) is 62.8. The van der Waals surface area contributed by atoms with Crippen molar-refractivity contribution in [3.05, 3.63) is 181 Å². The third-order valence-corrected chi connectivity index (χ3v) is 14.6. The van der Waals surface area contributed by atoms with Crippen LogP contribution in [0.4, 0.5) is 0 Å². The first-order chi connectivity index (χ1) is 25.1. The molecule has 0 heterocycles. The fourth-order valence-corrected chi connectivity index (χ4v) is 11.8. The standard InChI is InChI=1S/C26H37P.C24H20B/c1-25(2,3)20-12-16-23(17-13-20)27(22-10-8-7-9-11-22)24-18-14-21(15-19-24)26(4,5)6;1-5-13-21(14-6-1)25(22-15-7-2-8-16-22,23-17-9-3-10-18-23)24-19-11-4-12-20-24/h12-19,22H,7-11H2,1-6H3;1-20H/q;-1/p+1. The summed E-state index contributed by atoms with van der Waals surface area (Å²) >= 11 is 0. The summed E-state index contributed by atoms with van der Waals surface area (Å²) in [7, 11) is -0.723. The van der Waals surface area contributed by atoms with Crippen molar-refractivity contribution in [3.63, 3.8) is 0 Å². The van der Waals surface area contributed by atoms with Gasteiger partial charge in [-0.05, 0) is 71.9 Å². The molecule has 1 fully saturated rings. The van der Waals surface area contributed by atoms with Gasteiger partial charge in [-0.1, -0.05) is 194 Å². The van der Waals surface area contributed by atoms with Crippen molar-refractivity contribution >= 4 is 46.5 Å². The van der Waals surface area contributed by atoms with Crippen LogP contribution in [0.5, 0.6) is 0 Å². The SMILES string of the molecule is CC(C)(C)c1ccc([PH+](c2ccc(C(C)(C)C)cc2)C2CCCCC2)cc1.c1ccc([B-](c2ccccc2)(c2ccccc2)c2ccccc2)cc1. The van der Waals surface area contributed by atoms with E-state index in [0.717, 1.165) is 5.66 Å². The lowest BCUT2D eigenvalue weighted by atomic mass is 9.13. The molecule has 1 aliphatic rings. The summed E-state index contributed by atoms with van der Waals surface area (Å²) in [6.45, 7) is 13.8. The Morgan fingerprint density at radius 1 is 0.385 bits per heavy atom. The quantitative estimate of drug-likeness (QED) is 0.115. The zero-order valence-corrected chi connectivity index (χ0v) is 33.4. The molecule has 1 aliphatic carbocycles. The van der Waals surface area contributed by atoms with Gasteiger partial charge >= 0.3 is 0 Å². The van der Waals surface area contributed by atoms with Gasteiger partial charge in [-0.3, -0.25) is 0 Å². The minimum atomic E-state index is -1.22. The van der Waals surface area contributed by atoms with Gasteiger partial charge in [-0.2, -0.15) is 21.9 Å². The molecule has 1 saturated carbocycles. The average Bonchev–Trinajstić information content (AvgIpc) is 3.18. The van der Waals surface area contributed by atoms with Gasteiger partial charge in [-0.15, -0.1) is 0 Å². The second-order valence-corrected chi connectivity index (χ2v) is 19.7.